The number of carbonyl (C=O) groups is 2. The summed E-state index contributed by atoms with van der Waals surface area (Å²) in [5, 5.41) is 16.7. The van der Waals surface area contributed by atoms with E-state index in [1.54, 1.807) is 15.8 Å². The van der Waals surface area contributed by atoms with Crippen LogP contribution in [-0.2, 0) is 23.2 Å². The Morgan fingerprint density at radius 3 is 2.77 bits per heavy atom. The van der Waals surface area contributed by atoms with Gasteiger partial charge in [-0.1, -0.05) is 0 Å². The third-order valence-corrected chi connectivity index (χ3v) is 4.57. The zero-order valence-electron chi connectivity index (χ0n) is 13.4. The number of rotatable bonds is 5. The van der Waals surface area contributed by atoms with Gasteiger partial charge in [-0.2, -0.15) is 5.10 Å². The van der Waals surface area contributed by atoms with Gasteiger partial charge in [0, 0.05) is 38.3 Å². The Bertz CT molecular complexity index is 569. The molecule has 1 unspecified atom stereocenters. The van der Waals surface area contributed by atoms with Gasteiger partial charge in [-0.3, -0.25) is 14.3 Å². The van der Waals surface area contributed by atoms with Crippen LogP contribution in [0.5, 0.6) is 0 Å². The molecular formula is C15H24N4O3. The van der Waals surface area contributed by atoms with Crippen LogP contribution in [0.15, 0.2) is 6.20 Å². The zero-order valence-corrected chi connectivity index (χ0v) is 13.4. The van der Waals surface area contributed by atoms with Gasteiger partial charge in [-0.15, -0.1) is 0 Å². The van der Waals surface area contributed by atoms with E-state index >= 15 is 0 Å². The fraction of sp³-hybridized carbons (Fsp3) is 0.667. The maximum Gasteiger partial charge on any atom is 0.222 e. The molecule has 0 radical (unpaired) electrons. The minimum absolute atomic E-state index is 0.0950. The predicted octanol–water partition coefficient (Wildman–Crippen LogP) is 0.108. The molecule has 0 bridgehead atoms. The quantitative estimate of drug-likeness (QED) is 0.808. The summed E-state index contributed by atoms with van der Waals surface area (Å²) in [5.41, 5.74) is 1.21. The molecule has 22 heavy (non-hydrogen) atoms. The third-order valence-electron chi connectivity index (χ3n) is 4.57. The molecule has 7 heteroatoms. The van der Waals surface area contributed by atoms with E-state index in [0.29, 0.717) is 19.5 Å². The Kier molecular flexibility index (Phi) is 4.85. The van der Waals surface area contributed by atoms with Gasteiger partial charge in [0.15, 0.2) is 0 Å². The molecule has 1 fully saturated rings. The van der Waals surface area contributed by atoms with Crippen molar-refractivity contribution in [3.8, 4) is 0 Å². The molecule has 1 saturated heterocycles. The van der Waals surface area contributed by atoms with Crippen molar-refractivity contribution in [3.63, 3.8) is 0 Å². The first-order valence-corrected chi connectivity index (χ1v) is 7.53. The van der Waals surface area contributed by atoms with Crippen LogP contribution in [0.1, 0.15) is 37.4 Å². The smallest absolute Gasteiger partial charge is 0.222 e. The van der Waals surface area contributed by atoms with E-state index in [0.717, 1.165) is 17.7 Å². The molecule has 1 atom stereocenters. The van der Waals surface area contributed by atoms with Crippen molar-refractivity contribution in [2.45, 2.75) is 45.2 Å². The second kappa shape index (κ2) is 6.48. The molecular weight excluding hydrogens is 284 g/mol. The molecule has 122 valence electrons. The van der Waals surface area contributed by atoms with Gasteiger partial charge in [0.1, 0.15) is 0 Å². The SMILES string of the molecule is CC(=O)N1CCCC1(CO)CC(=O)NCc1cnn(C)c1C. The van der Waals surface area contributed by atoms with E-state index in [-0.39, 0.29) is 24.8 Å². The third kappa shape index (κ3) is 3.14. The predicted molar refractivity (Wildman–Crippen MR) is 80.8 cm³/mol. The molecule has 1 aliphatic heterocycles. The maximum atomic E-state index is 12.2. The minimum atomic E-state index is -0.750. The number of hydrogen-bond donors (Lipinski definition) is 2. The van der Waals surface area contributed by atoms with Gasteiger partial charge in [0.2, 0.25) is 11.8 Å². The Morgan fingerprint density at radius 2 is 2.23 bits per heavy atom. The summed E-state index contributed by atoms with van der Waals surface area (Å²) < 4.78 is 1.76. The van der Waals surface area contributed by atoms with Gasteiger partial charge < -0.3 is 15.3 Å². The zero-order chi connectivity index (χ0) is 16.3. The lowest BCUT2D eigenvalue weighted by atomic mass is 9.92. The number of nitrogens with one attached hydrogen (secondary N) is 1. The Hall–Kier alpha value is -1.89. The fourth-order valence-electron chi connectivity index (χ4n) is 3.11. The molecule has 7 nitrogen and oxygen atoms in total. The van der Waals surface area contributed by atoms with Crippen molar-refractivity contribution in [2.24, 2.45) is 7.05 Å². The van der Waals surface area contributed by atoms with Crippen LogP contribution in [0.25, 0.3) is 0 Å². The van der Waals surface area contributed by atoms with Crippen LogP contribution < -0.4 is 5.32 Å². The number of hydrogen-bond acceptors (Lipinski definition) is 4. The van der Waals surface area contributed by atoms with E-state index in [1.165, 1.54) is 6.92 Å². The first kappa shape index (κ1) is 16.5. The standard InChI is InChI=1S/C15H24N4O3/c1-11-13(9-17-18(11)3)8-16-14(22)7-15(10-20)5-4-6-19(15)12(2)21/h9,20H,4-8,10H2,1-3H3,(H,16,22). The molecule has 0 aromatic carbocycles. The average Bonchev–Trinajstić information content (AvgIpc) is 3.03. The molecule has 0 saturated carbocycles. The van der Waals surface area contributed by atoms with E-state index in [1.807, 2.05) is 14.0 Å². The second-order valence-corrected chi connectivity index (χ2v) is 5.99. The summed E-state index contributed by atoms with van der Waals surface area (Å²) in [5.74, 6) is -0.257. The van der Waals surface area contributed by atoms with E-state index in [4.69, 9.17) is 0 Å². The van der Waals surface area contributed by atoms with Gasteiger partial charge in [0.05, 0.1) is 24.8 Å². The number of aromatic nitrogens is 2. The highest BCUT2D eigenvalue weighted by Crippen LogP contribution is 2.32. The van der Waals surface area contributed by atoms with Gasteiger partial charge in [-0.25, -0.2) is 0 Å². The molecule has 2 rings (SSSR count). The minimum Gasteiger partial charge on any atom is -0.394 e. The Balaban J connectivity index is 1.98. The van der Waals surface area contributed by atoms with Crippen molar-refractivity contribution < 1.29 is 14.7 Å². The normalized spacial score (nSPS) is 21.2. The van der Waals surface area contributed by atoms with Gasteiger partial charge in [-0.05, 0) is 19.8 Å². The monoisotopic (exact) mass is 308 g/mol. The first-order valence-electron chi connectivity index (χ1n) is 7.53. The van der Waals surface area contributed by atoms with Crippen LogP contribution in [0, 0.1) is 6.92 Å². The number of nitrogens with zero attached hydrogens (tertiary/aromatic N) is 3. The highest BCUT2D eigenvalue weighted by atomic mass is 16.3. The first-order chi connectivity index (χ1) is 10.4. The van der Waals surface area contributed by atoms with Gasteiger partial charge in [0.25, 0.3) is 0 Å². The Morgan fingerprint density at radius 1 is 1.50 bits per heavy atom. The molecule has 2 heterocycles. The van der Waals surface area contributed by atoms with E-state index in [2.05, 4.69) is 10.4 Å². The van der Waals surface area contributed by atoms with Gasteiger partial charge >= 0.3 is 0 Å². The Labute approximate surface area is 130 Å². The summed E-state index contributed by atoms with van der Waals surface area (Å²) in [6.07, 6.45) is 3.33. The summed E-state index contributed by atoms with van der Waals surface area (Å²) in [4.78, 5) is 25.6. The van der Waals surface area contributed by atoms with Crippen molar-refractivity contribution in [1.29, 1.82) is 0 Å². The lowest BCUT2D eigenvalue weighted by molar-refractivity contribution is -0.137. The van der Waals surface area contributed by atoms with Crippen molar-refractivity contribution in [1.82, 2.24) is 20.0 Å². The second-order valence-electron chi connectivity index (χ2n) is 5.99. The van der Waals surface area contributed by atoms with Crippen LogP contribution in [-0.4, -0.2) is 50.3 Å². The van der Waals surface area contributed by atoms with Crippen molar-refractivity contribution in [3.05, 3.63) is 17.5 Å². The largest absolute Gasteiger partial charge is 0.394 e. The fourth-order valence-corrected chi connectivity index (χ4v) is 3.11. The molecule has 0 aliphatic carbocycles. The summed E-state index contributed by atoms with van der Waals surface area (Å²) in [6.45, 7) is 4.24. The number of aliphatic hydroxyl groups excluding tert-OH is 1. The molecule has 1 aliphatic rings. The lowest BCUT2D eigenvalue weighted by Gasteiger charge is -2.36. The van der Waals surface area contributed by atoms with Crippen molar-refractivity contribution in [2.75, 3.05) is 13.2 Å². The van der Waals surface area contributed by atoms with Crippen LogP contribution >= 0.6 is 0 Å². The molecule has 0 spiro atoms. The molecule has 1 aromatic heterocycles. The lowest BCUT2D eigenvalue weighted by Crippen LogP contribution is -2.51. The van der Waals surface area contributed by atoms with E-state index < -0.39 is 5.54 Å². The molecule has 2 N–H and O–H groups in total. The van der Waals surface area contributed by atoms with Crippen LogP contribution in [0.4, 0.5) is 0 Å². The van der Waals surface area contributed by atoms with Crippen LogP contribution in [0.2, 0.25) is 0 Å². The van der Waals surface area contributed by atoms with E-state index in [9.17, 15) is 14.7 Å². The molecule has 2 amide bonds. The number of amides is 2. The number of aryl methyl sites for hydroxylation is 1. The molecule has 1 aromatic rings. The number of aliphatic hydroxyl groups is 1. The summed E-state index contributed by atoms with van der Waals surface area (Å²) in [7, 11) is 1.85. The van der Waals surface area contributed by atoms with Crippen LogP contribution in [0.3, 0.4) is 0 Å². The highest BCUT2D eigenvalue weighted by Gasteiger charge is 2.43. The topological polar surface area (TPSA) is 87.5 Å². The summed E-state index contributed by atoms with van der Waals surface area (Å²) >= 11 is 0. The average molecular weight is 308 g/mol. The highest BCUT2D eigenvalue weighted by molar-refractivity contribution is 5.80. The maximum absolute atomic E-state index is 12.2. The van der Waals surface area contributed by atoms with Crippen molar-refractivity contribution >= 4 is 11.8 Å². The summed E-state index contributed by atoms with van der Waals surface area (Å²) in [6, 6.07) is 0. The number of carbonyl (C=O) groups excluding carboxylic acids is 2. The number of likely N-dealkylation sites (tertiary alicyclic amines) is 1.